The molecule has 4 aromatic carbocycles. The van der Waals surface area contributed by atoms with Gasteiger partial charge in [0.1, 0.15) is 23.0 Å². The van der Waals surface area contributed by atoms with Gasteiger partial charge in [-0.1, -0.05) is 29.8 Å². The molecule has 1 aliphatic carbocycles. The topological polar surface area (TPSA) is 88.0 Å². The molecule has 39 heavy (non-hydrogen) atoms. The number of aliphatic hydroxyl groups excluding tert-OH is 1. The Labute approximate surface area is 238 Å². The molecule has 0 aliphatic heterocycles. The van der Waals surface area contributed by atoms with Gasteiger partial charge in [-0.3, -0.25) is 0 Å². The standard InChI is InChI=1S/C31H28ClNO5.ClH/c32-24-3-1-2-22(16-24)30(34)19-33-25-8-4-20-5-11-29(18-23(20)17-25)38-28-14-12-27(13-15-28)37-26-9-6-21(7-10-26)31(35)36;/h1-3,5-7,9-16,18,25,30,33-34H,4,8,17,19H2,(H,35,36);1H/t25-,30-;/m0./s1. The molecular weight excluding hydrogens is 537 g/mol. The average molecular weight is 566 g/mol. The lowest BCUT2D eigenvalue weighted by Crippen LogP contribution is -2.37. The smallest absolute Gasteiger partial charge is 0.335 e. The summed E-state index contributed by atoms with van der Waals surface area (Å²) < 4.78 is 11.9. The second-order valence-electron chi connectivity index (χ2n) is 9.35. The van der Waals surface area contributed by atoms with Crippen LogP contribution in [0.25, 0.3) is 0 Å². The van der Waals surface area contributed by atoms with Gasteiger partial charge in [-0.05, 0) is 109 Å². The Hall–Kier alpha value is -3.55. The van der Waals surface area contributed by atoms with Crippen molar-refractivity contribution in [3.8, 4) is 23.0 Å². The van der Waals surface area contributed by atoms with Gasteiger partial charge in [0.05, 0.1) is 11.7 Å². The number of aryl methyl sites for hydroxylation is 1. The fourth-order valence-electron chi connectivity index (χ4n) is 4.59. The first kappa shape index (κ1) is 28.5. The molecule has 202 valence electrons. The number of rotatable bonds is 9. The zero-order valence-corrected chi connectivity index (χ0v) is 22.6. The SMILES string of the molecule is Cl.O=C(O)c1ccc(Oc2ccc(Oc3ccc4c(c3)C[C@@H](NC[C@H](O)c3cccc(Cl)c3)CC4)cc2)cc1. The number of halogens is 2. The third-order valence-corrected chi connectivity index (χ3v) is 6.87. The molecule has 0 radical (unpaired) electrons. The highest BCUT2D eigenvalue weighted by Gasteiger charge is 2.20. The predicted octanol–water partition coefficient (Wildman–Crippen LogP) is 7.23. The second kappa shape index (κ2) is 13.0. The molecule has 4 aromatic rings. The first-order valence-corrected chi connectivity index (χ1v) is 12.9. The monoisotopic (exact) mass is 565 g/mol. The Morgan fingerprint density at radius 2 is 1.49 bits per heavy atom. The van der Waals surface area contributed by atoms with Crippen LogP contribution in [-0.4, -0.2) is 28.8 Å². The number of hydrogen-bond donors (Lipinski definition) is 3. The van der Waals surface area contributed by atoms with E-state index in [0.29, 0.717) is 28.8 Å². The number of hydrogen-bond acceptors (Lipinski definition) is 5. The van der Waals surface area contributed by atoms with Crippen molar-refractivity contribution in [3.63, 3.8) is 0 Å². The van der Waals surface area contributed by atoms with Crippen molar-refractivity contribution >= 4 is 30.0 Å². The number of aliphatic hydroxyl groups is 1. The largest absolute Gasteiger partial charge is 0.478 e. The van der Waals surface area contributed by atoms with Crippen LogP contribution >= 0.6 is 24.0 Å². The number of benzene rings is 4. The van der Waals surface area contributed by atoms with Gasteiger partial charge in [-0.2, -0.15) is 0 Å². The van der Waals surface area contributed by atoms with Crippen LogP contribution < -0.4 is 14.8 Å². The van der Waals surface area contributed by atoms with Gasteiger partial charge in [-0.25, -0.2) is 4.79 Å². The van der Waals surface area contributed by atoms with Gasteiger partial charge in [-0.15, -0.1) is 12.4 Å². The Bertz CT molecular complexity index is 1410. The molecule has 3 N–H and O–H groups in total. The highest BCUT2D eigenvalue weighted by Crippen LogP contribution is 2.31. The maximum atomic E-state index is 11.0. The fourth-order valence-corrected chi connectivity index (χ4v) is 4.79. The zero-order valence-electron chi connectivity index (χ0n) is 21.0. The summed E-state index contributed by atoms with van der Waals surface area (Å²) in [6, 6.07) is 27.4. The van der Waals surface area contributed by atoms with Crippen LogP contribution in [0.2, 0.25) is 5.02 Å². The number of ether oxygens (including phenoxy) is 2. The molecule has 0 unspecified atom stereocenters. The minimum Gasteiger partial charge on any atom is -0.478 e. The summed E-state index contributed by atoms with van der Waals surface area (Å²) >= 11 is 6.05. The molecular formula is C31H29Cl2NO5. The molecule has 6 nitrogen and oxygen atoms in total. The minimum absolute atomic E-state index is 0. The van der Waals surface area contributed by atoms with Gasteiger partial charge < -0.3 is 25.0 Å². The van der Waals surface area contributed by atoms with E-state index in [-0.39, 0.29) is 24.0 Å². The Balaban J connectivity index is 0.00000353. The number of carboxylic acid groups (broad SMARTS) is 1. The number of carbonyl (C=O) groups is 1. The Morgan fingerprint density at radius 1 is 0.872 bits per heavy atom. The van der Waals surface area contributed by atoms with E-state index >= 15 is 0 Å². The summed E-state index contributed by atoms with van der Waals surface area (Å²) in [7, 11) is 0. The molecule has 0 heterocycles. The molecule has 0 amide bonds. The van der Waals surface area contributed by atoms with Crippen LogP contribution in [0, 0.1) is 0 Å². The molecule has 0 bridgehead atoms. The van der Waals surface area contributed by atoms with Crippen molar-refractivity contribution in [1.82, 2.24) is 5.32 Å². The van der Waals surface area contributed by atoms with E-state index in [1.165, 1.54) is 23.3 Å². The Kier molecular flexibility index (Phi) is 9.49. The lowest BCUT2D eigenvalue weighted by atomic mass is 9.88. The van der Waals surface area contributed by atoms with Crippen LogP contribution in [0.15, 0.2) is 91.0 Å². The molecule has 0 fully saturated rings. The average Bonchev–Trinajstić information content (AvgIpc) is 2.93. The van der Waals surface area contributed by atoms with Gasteiger partial charge in [0, 0.05) is 17.6 Å². The maximum absolute atomic E-state index is 11.0. The van der Waals surface area contributed by atoms with Crippen molar-refractivity contribution in [1.29, 1.82) is 0 Å². The first-order valence-electron chi connectivity index (χ1n) is 12.5. The molecule has 0 spiro atoms. The van der Waals surface area contributed by atoms with Gasteiger partial charge in [0.25, 0.3) is 0 Å². The number of aromatic carboxylic acids is 1. The second-order valence-corrected chi connectivity index (χ2v) is 9.79. The zero-order chi connectivity index (χ0) is 26.5. The van der Waals surface area contributed by atoms with E-state index in [1.807, 2.05) is 42.5 Å². The lowest BCUT2D eigenvalue weighted by molar-refractivity contribution is 0.0697. The normalized spacial score (nSPS) is 15.0. The predicted molar refractivity (Wildman–Crippen MR) is 154 cm³/mol. The van der Waals surface area contributed by atoms with E-state index in [0.717, 1.165) is 30.6 Å². The van der Waals surface area contributed by atoms with E-state index < -0.39 is 12.1 Å². The number of nitrogens with one attached hydrogen (secondary N) is 1. The van der Waals surface area contributed by atoms with Crippen LogP contribution in [0.3, 0.4) is 0 Å². The van der Waals surface area contributed by atoms with Crippen LogP contribution in [0.1, 0.15) is 39.6 Å². The van der Waals surface area contributed by atoms with Gasteiger partial charge >= 0.3 is 5.97 Å². The number of carboxylic acids is 1. The maximum Gasteiger partial charge on any atom is 0.335 e. The van der Waals surface area contributed by atoms with E-state index in [2.05, 4.69) is 17.4 Å². The van der Waals surface area contributed by atoms with Crippen molar-refractivity contribution < 1.29 is 24.5 Å². The third kappa shape index (κ3) is 7.52. The van der Waals surface area contributed by atoms with Gasteiger partial charge in [0.15, 0.2) is 0 Å². The van der Waals surface area contributed by atoms with Crippen molar-refractivity contribution in [3.05, 3.63) is 118 Å². The van der Waals surface area contributed by atoms with E-state index in [1.54, 1.807) is 24.3 Å². The molecule has 8 heteroatoms. The van der Waals surface area contributed by atoms with Crippen LogP contribution in [-0.2, 0) is 12.8 Å². The van der Waals surface area contributed by atoms with Crippen molar-refractivity contribution in [2.75, 3.05) is 6.54 Å². The molecule has 0 saturated carbocycles. The van der Waals surface area contributed by atoms with Crippen LogP contribution in [0.5, 0.6) is 23.0 Å². The summed E-state index contributed by atoms with van der Waals surface area (Å²) in [5, 5.41) is 23.7. The minimum atomic E-state index is -0.973. The van der Waals surface area contributed by atoms with Crippen molar-refractivity contribution in [2.24, 2.45) is 0 Å². The quantitative estimate of drug-likeness (QED) is 0.198. The molecule has 2 atom stereocenters. The first-order chi connectivity index (χ1) is 18.4. The van der Waals surface area contributed by atoms with Gasteiger partial charge in [0.2, 0.25) is 0 Å². The summed E-state index contributed by atoms with van der Waals surface area (Å²) in [6.45, 7) is 0.467. The van der Waals surface area contributed by atoms with Crippen LogP contribution in [0.4, 0.5) is 0 Å². The third-order valence-electron chi connectivity index (χ3n) is 6.64. The fraction of sp³-hybridized carbons (Fsp3) is 0.194. The van der Waals surface area contributed by atoms with E-state index in [4.69, 9.17) is 26.2 Å². The molecule has 1 aliphatic rings. The number of fused-ring (bicyclic) bond motifs is 1. The summed E-state index contributed by atoms with van der Waals surface area (Å²) in [5.41, 5.74) is 3.59. The summed E-state index contributed by atoms with van der Waals surface area (Å²) in [5.74, 6) is 1.66. The molecule has 0 saturated heterocycles. The molecule has 5 rings (SSSR count). The summed E-state index contributed by atoms with van der Waals surface area (Å²) in [4.78, 5) is 11.0. The Morgan fingerprint density at radius 3 is 2.13 bits per heavy atom. The molecule has 0 aromatic heterocycles. The van der Waals surface area contributed by atoms with Crippen molar-refractivity contribution in [2.45, 2.75) is 31.4 Å². The summed E-state index contributed by atoms with van der Waals surface area (Å²) in [6.07, 6.45) is 2.24. The van der Waals surface area contributed by atoms with E-state index in [9.17, 15) is 9.90 Å². The lowest BCUT2D eigenvalue weighted by Gasteiger charge is -2.27. The highest BCUT2D eigenvalue weighted by atomic mass is 35.5. The highest BCUT2D eigenvalue weighted by molar-refractivity contribution is 6.30.